The molecule has 3 fully saturated rings. The molecule has 3 aliphatic rings. The molecule has 3 aliphatic heterocycles. The van der Waals surface area contributed by atoms with Crippen molar-refractivity contribution in [2.45, 2.75) is 70.5 Å². The lowest BCUT2D eigenvalue weighted by molar-refractivity contribution is -0.142. The van der Waals surface area contributed by atoms with Crippen molar-refractivity contribution in [1.29, 1.82) is 0 Å². The van der Waals surface area contributed by atoms with E-state index in [2.05, 4.69) is 29.0 Å². The molecule has 136 valence electrons. The summed E-state index contributed by atoms with van der Waals surface area (Å²) in [7, 11) is 0. The van der Waals surface area contributed by atoms with E-state index in [-0.39, 0.29) is 30.9 Å². The molecule has 1 amide bonds. The molecule has 0 aromatic heterocycles. The number of hydrogen-bond donors (Lipinski definition) is 1. The van der Waals surface area contributed by atoms with Crippen LogP contribution in [0.5, 0.6) is 0 Å². The molecule has 3 saturated heterocycles. The van der Waals surface area contributed by atoms with E-state index >= 15 is 0 Å². The van der Waals surface area contributed by atoms with E-state index in [1.54, 1.807) is 0 Å². The Morgan fingerprint density at radius 3 is 2.30 bits per heavy atom. The second-order valence-corrected chi connectivity index (χ2v) is 7.41. The average molecular weight is 366 g/mol. The summed E-state index contributed by atoms with van der Waals surface area (Å²) in [6.07, 6.45) is 7.37. The molecule has 6 heteroatoms. The van der Waals surface area contributed by atoms with Gasteiger partial charge < -0.3 is 10.2 Å². The predicted octanol–water partition coefficient (Wildman–Crippen LogP) is 2.69. The predicted molar refractivity (Wildman–Crippen MR) is 99.7 cm³/mol. The monoisotopic (exact) mass is 365 g/mol. The number of carbonyl (C=O) groups is 1. The van der Waals surface area contributed by atoms with Crippen molar-refractivity contribution in [3.8, 4) is 0 Å². The number of nitrogens with one attached hydrogen (secondary N) is 1. The van der Waals surface area contributed by atoms with Gasteiger partial charge in [0.05, 0.1) is 6.04 Å². The molecule has 0 radical (unpaired) electrons. The minimum atomic E-state index is 0. The molecule has 1 N–H and O–H groups in total. The number of piperidine rings is 1. The van der Waals surface area contributed by atoms with Crippen molar-refractivity contribution in [2.24, 2.45) is 5.92 Å². The zero-order chi connectivity index (χ0) is 14.8. The Labute approximate surface area is 153 Å². The van der Waals surface area contributed by atoms with Gasteiger partial charge in [-0.2, -0.15) is 0 Å². The zero-order valence-corrected chi connectivity index (χ0v) is 16.1. The Hall–Kier alpha value is -0.0300. The van der Waals surface area contributed by atoms with Crippen LogP contribution < -0.4 is 5.32 Å². The molecule has 23 heavy (non-hydrogen) atoms. The number of halogens is 2. The van der Waals surface area contributed by atoms with Crippen molar-refractivity contribution in [1.82, 2.24) is 15.1 Å². The number of nitrogens with zero attached hydrogens (tertiary/aromatic N) is 2. The van der Waals surface area contributed by atoms with Crippen LogP contribution in [0.4, 0.5) is 0 Å². The Kier molecular flexibility index (Phi) is 8.64. The fraction of sp³-hybridized carbons (Fsp3) is 0.941. The zero-order valence-electron chi connectivity index (χ0n) is 14.5. The number of fused-ring (bicyclic) bond motifs is 2. The second kappa shape index (κ2) is 9.45. The van der Waals surface area contributed by atoms with Gasteiger partial charge in [0, 0.05) is 18.6 Å². The molecule has 4 nitrogen and oxygen atoms in total. The lowest BCUT2D eigenvalue weighted by Gasteiger charge is -2.40. The van der Waals surface area contributed by atoms with Gasteiger partial charge in [0.25, 0.3) is 0 Å². The maximum Gasteiger partial charge on any atom is 0.240 e. The third kappa shape index (κ3) is 4.53. The van der Waals surface area contributed by atoms with Crippen LogP contribution in [-0.2, 0) is 4.79 Å². The first kappa shape index (κ1) is 21.0. The van der Waals surface area contributed by atoms with Crippen molar-refractivity contribution < 1.29 is 4.79 Å². The standard InChI is InChI=1S/C17H31N3O.2ClH/c1-13(2)16(19-10-4-3-5-11-19)17(21)20-14-6-7-15(20)12-18-9-8-14;;/h13-16,18H,3-12H2,1-2H3;2*1H. The van der Waals surface area contributed by atoms with Crippen LogP contribution in [-0.4, -0.2) is 60.0 Å². The van der Waals surface area contributed by atoms with Crippen LogP contribution in [0, 0.1) is 5.92 Å². The van der Waals surface area contributed by atoms with Gasteiger partial charge in [-0.1, -0.05) is 20.3 Å². The lowest BCUT2D eigenvalue weighted by Crippen LogP contribution is -2.56. The quantitative estimate of drug-likeness (QED) is 0.834. The number of amides is 1. The minimum absolute atomic E-state index is 0. The van der Waals surface area contributed by atoms with Crippen LogP contribution in [0.25, 0.3) is 0 Å². The van der Waals surface area contributed by atoms with Crippen molar-refractivity contribution in [2.75, 3.05) is 26.2 Å². The number of rotatable bonds is 3. The van der Waals surface area contributed by atoms with Gasteiger partial charge >= 0.3 is 0 Å². The van der Waals surface area contributed by atoms with E-state index in [9.17, 15) is 4.79 Å². The van der Waals surface area contributed by atoms with Gasteiger partial charge in [-0.3, -0.25) is 9.69 Å². The molecule has 0 spiro atoms. The summed E-state index contributed by atoms with van der Waals surface area (Å²) < 4.78 is 0. The van der Waals surface area contributed by atoms with Gasteiger partial charge in [-0.05, 0) is 57.7 Å². The van der Waals surface area contributed by atoms with E-state index in [1.165, 1.54) is 32.1 Å². The van der Waals surface area contributed by atoms with Crippen LogP contribution in [0.2, 0.25) is 0 Å². The summed E-state index contributed by atoms with van der Waals surface area (Å²) in [6, 6.07) is 1.03. The van der Waals surface area contributed by atoms with E-state index in [0.717, 1.165) is 32.6 Å². The summed E-state index contributed by atoms with van der Waals surface area (Å²) in [4.78, 5) is 18.1. The third-order valence-corrected chi connectivity index (χ3v) is 5.58. The fourth-order valence-electron chi connectivity index (χ4n) is 4.55. The van der Waals surface area contributed by atoms with Gasteiger partial charge in [0.2, 0.25) is 5.91 Å². The molecule has 0 saturated carbocycles. The first-order valence-electron chi connectivity index (χ1n) is 8.95. The van der Waals surface area contributed by atoms with Crippen molar-refractivity contribution >= 4 is 30.7 Å². The van der Waals surface area contributed by atoms with Gasteiger partial charge in [0.15, 0.2) is 0 Å². The molecule has 3 rings (SSSR count). The third-order valence-electron chi connectivity index (χ3n) is 5.58. The maximum atomic E-state index is 13.3. The van der Waals surface area contributed by atoms with Crippen molar-refractivity contribution in [3.63, 3.8) is 0 Å². The summed E-state index contributed by atoms with van der Waals surface area (Å²) in [5.41, 5.74) is 0. The minimum Gasteiger partial charge on any atom is -0.334 e. The molecular weight excluding hydrogens is 333 g/mol. The largest absolute Gasteiger partial charge is 0.334 e. The first-order chi connectivity index (χ1) is 10.2. The molecule has 0 aromatic carbocycles. The van der Waals surface area contributed by atoms with Gasteiger partial charge in [-0.25, -0.2) is 0 Å². The maximum absolute atomic E-state index is 13.3. The summed E-state index contributed by atoms with van der Waals surface area (Å²) in [6.45, 7) is 8.71. The van der Waals surface area contributed by atoms with E-state index < -0.39 is 0 Å². The molecular formula is C17H33Cl2N3O. The molecule has 0 aromatic rings. The molecule has 2 bridgehead atoms. The molecule has 3 unspecified atom stereocenters. The SMILES string of the molecule is CC(C)C(C(=O)N1C2CCNCC1CC2)N1CCCCC1.Cl.Cl. The Balaban J connectivity index is 0.00000132. The molecule has 0 aliphatic carbocycles. The first-order valence-corrected chi connectivity index (χ1v) is 8.95. The van der Waals surface area contributed by atoms with E-state index in [0.29, 0.717) is 23.9 Å². The van der Waals surface area contributed by atoms with Gasteiger partial charge in [0.1, 0.15) is 0 Å². The topological polar surface area (TPSA) is 35.6 Å². The number of carbonyl (C=O) groups excluding carboxylic acids is 1. The average Bonchev–Trinajstić information content (AvgIpc) is 2.73. The lowest BCUT2D eigenvalue weighted by atomic mass is 9.97. The Bertz CT molecular complexity index is 361. The van der Waals surface area contributed by atoms with Crippen LogP contribution in [0.3, 0.4) is 0 Å². The van der Waals surface area contributed by atoms with Gasteiger partial charge in [-0.15, -0.1) is 24.8 Å². The fourth-order valence-corrected chi connectivity index (χ4v) is 4.55. The van der Waals surface area contributed by atoms with Crippen LogP contribution in [0.1, 0.15) is 52.4 Å². The highest BCUT2D eigenvalue weighted by Gasteiger charge is 2.42. The Morgan fingerprint density at radius 1 is 1.00 bits per heavy atom. The summed E-state index contributed by atoms with van der Waals surface area (Å²) in [5.74, 6) is 0.828. The van der Waals surface area contributed by atoms with E-state index in [1.807, 2.05) is 0 Å². The van der Waals surface area contributed by atoms with Crippen molar-refractivity contribution in [3.05, 3.63) is 0 Å². The number of likely N-dealkylation sites (tertiary alicyclic amines) is 1. The summed E-state index contributed by atoms with van der Waals surface area (Å²) in [5, 5.41) is 3.50. The molecule has 3 atom stereocenters. The van der Waals surface area contributed by atoms with E-state index in [4.69, 9.17) is 0 Å². The second-order valence-electron chi connectivity index (χ2n) is 7.41. The highest BCUT2D eigenvalue weighted by Crippen LogP contribution is 2.31. The normalized spacial score (nSPS) is 29.4. The van der Waals surface area contributed by atoms with Crippen LogP contribution >= 0.6 is 24.8 Å². The Morgan fingerprint density at radius 2 is 1.65 bits per heavy atom. The van der Waals surface area contributed by atoms with Crippen LogP contribution in [0.15, 0.2) is 0 Å². The summed E-state index contributed by atoms with van der Waals surface area (Å²) >= 11 is 0. The number of hydrogen-bond acceptors (Lipinski definition) is 3. The molecule has 3 heterocycles. The highest BCUT2D eigenvalue weighted by molar-refractivity contribution is 5.85. The smallest absolute Gasteiger partial charge is 0.240 e. The highest BCUT2D eigenvalue weighted by atomic mass is 35.5.